The van der Waals surface area contributed by atoms with Gasteiger partial charge >= 0.3 is 5.97 Å². The van der Waals surface area contributed by atoms with Crippen molar-refractivity contribution in [3.63, 3.8) is 0 Å². The van der Waals surface area contributed by atoms with Crippen LogP contribution in [-0.4, -0.2) is 37.6 Å². The fourth-order valence-corrected chi connectivity index (χ4v) is 2.80. The average molecular weight is 315 g/mol. The zero-order chi connectivity index (χ0) is 15.7. The monoisotopic (exact) mass is 315 g/mol. The summed E-state index contributed by atoms with van der Waals surface area (Å²) in [6, 6.07) is 1.53. The van der Waals surface area contributed by atoms with Crippen LogP contribution in [0.5, 0.6) is 0 Å². The van der Waals surface area contributed by atoms with Crippen molar-refractivity contribution in [3.8, 4) is 0 Å². The van der Waals surface area contributed by atoms with E-state index in [2.05, 4.69) is 15.0 Å². The third-order valence-corrected chi connectivity index (χ3v) is 4.19. The van der Waals surface area contributed by atoms with Gasteiger partial charge in [-0.2, -0.15) is 0 Å². The molecule has 1 heterocycles. The molecule has 0 unspecified atom stereocenters. The Bertz CT molecular complexity index is 560. The second-order valence-corrected chi connectivity index (χ2v) is 6.31. The summed E-state index contributed by atoms with van der Waals surface area (Å²) in [7, 11) is -3.57. The first-order valence-corrected chi connectivity index (χ1v) is 8.34. The molecule has 118 valence electrons. The van der Waals surface area contributed by atoms with Crippen LogP contribution in [0.4, 0.5) is 5.69 Å². The largest absolute Gasteiger partial charge is 0.481 e. The van der Waals surface area contributed by atoms with Gasteiger partial charge in [0.05, 0.1) is 11.9 Å². The van der Waals surface area contributed by atoms with Crippen molar-refractivity contribution in [1.29, 1.82) is 0 Å². The van der Waals surface area contributed by atoms with E-state index in [1.165, 1.54) is 12.3 Å². The molecule has 0 saturated carbocycles. The Hall–Kier alpha value is -1.67. The van der Waals surface area contributed by atoms with Crippen molar-refractivity contribution in [2.24, 2.45) is 0 Å². The first kappa shape index (κ1) is 17.4. The number of unbranched alkanes of at least 4 members (excludes halogenated alkanes) is 2. The van der Waals surface area contributed by atoms with Gasteiger partial charge in [0.15, 0.2) is 0 Å². The molecule has 1 rings (SSSR count). The van der Waals surface area contributed by atoms with Crippen LogP contribution in [0.25, 0.3) is 0 Å². The second kappa shape index (κ2) is 8.58. The molecule has 0 atom stereocenters. The van der Waals surface area contributed by atoms with Crippen LogP contribution in [0.1, 0.15) is 32.6 Å². The lowest BCUT2D eigenvalue weighted by Gasteiger charge is -2.08. The number of carboxylic acid groups (broad SMARTS) is 1. The van der Waals surface area contributed by atoms with Gasteiger partial charge < -0.3 is 10.4 Å². The first-order valence-electron chi connectivity index (χ1n) is 6.86. The van der Waals surface area contributed by atoms with Gasteiger partial charge in [-0.05, 0) is 25.8 Å². The third kappa shape index (κ3) is 6.54. The Morgan fingerprint density at radius 1 is 1.29 bits per heavy atom. The van der Waals surface area contributed by atoms with Gasteiger partial charge in [0, 0.05) is 25.7 Å². The molecule has 1 aromatic rings. The van der Waals surface area contributed by atoms with E-state index in [0.717, 1.165) is 0 Å². The van der Waals surface area contributed by atoms with Crippen molar-refractivity contribution in [2.45, 2.75) is 37.5 Å². The molecule has 0 fully saturated rings. The minimum Gasteiger partial charge on any atom is -0.481 e. The number of rotatable bonds is 10. The van der Waals surface area contributed by atoms with Gasteiger partial charge in [-0.3, -0.25) is 9.78 Å². The maximum absolute atomic E-state index is 12.1. The molecule has 0 aromatic carbocycles. The molecule has 0 spiro atoms. The number of nitrogens with zero attached hydrogens (tertiary/aromatic N) is 1. The fraction of sp³-hybridized carbons (Fsp3) is 0.538. The minimum atomic E-state index is -3.57. The smallest absolute Gasteiger partial charge is 0.303 e. The van der Waals surface area contributed by atoms with Gasteiger partial charge in [-0.15, -0.1) is 0 Å². The summed E-state index contributed by atoms with van der Waals surface area (Å²) in [6.07, 6.45) is 4.80. The summed E-state index contributed by atoms with van der Waals surface area (Å²) >= 11 is 0. The van der Waals surface area contributed by atoms with E-state index in [4.69, 9.17) is 5.11 Å². The molecule has 21 heavy (non-hydrogen) atoms. The average Bonchev–Trinajstić information content (AvgIpc) is 2.43. The SMILES string of the molecule is CCNc1cncc(S(=O)(=O)NCCCCCC(=O)O)c1. The van der Waals surface area contributed by atoms with E-state index in [0.29, 0.717) is 31.5 Å². The summed E-state index contributed by atoms with van der Waals surface area (Å²) in [5.74, 6) is -0.832. The van der Waals surface area contributed by atoms with E-state index >= 15 is 0 Å². The molecule has 0 saturated heterocycles. The van der Waals surface area contributed by atoms with Crippen LogP contribution in [0.3, 0.4) is 0 Å². The van der Waals surface area contributed by atoms with Gasteiger partial charge in [0.2, 0.25) is 10.0 Å². The summed E-state index contributed by atoms with van der Waals surface area (Å²) in [5.41, 5.74) is 0.654. The maximum Gasteiger partial charge on any atom is 0.303 e. The maximum atomic E-state index is 12.1. The number of carboxylic acids is 1. The number of hydrogen-bond donors (Lipinski definition) is 3. The summed E-state index contributed by atoms with van der Waals surface area (Å²) in [6.45, 7) is 2.88. The first-order chi connectivity index (χ1) is 9.95. The highest BCUT2D eigenvalue weighted by Gasteiger charge is 2.14. The topological polar surface area (TPSA) is 108 Å². The lowest BCUT2D eigenvalue weighted by Crippen LogP contribution is -2.25. The highest BCUT2D eigenvalue weighted by atomic mass is 32.2. The standard InChI is InChI=1S/C13H21N3O4S/c1-2-15-11-8-12(10-14-9-11)21(19,20)16-7-5-3-4-6-13(17)18/h8-10,15-16H,2-7H2,1H3,(H,17,18). The van der Waals surface area contributed by atoms with Crippen molar-refractivity contribution >= 4 is 21.7 Å². The quantitative estimate of drug-likeness (QED) is 0.564. The molecule has 0 aliphatic heterocycles. The molecule has 0 radical (unpaired) electrons. The molecule has 0 amide bonds. The van der Waals surface area contributed by atoms with Crippen LogP contribution in [0, 0.1) is 0 Å². The predicted molar refractivity (Wildman–Crippen MR) is 79.7 cm³/mol. The van der Waals surface area contributed by atoms with Crippen molar-refractivity contribution in [1.82, 2.24) is 9.71 Å². The predicted octanol–water partition coefficient (Wildman–Crippen LogP) is 1.44. The molecular weight excluding hydrogens is 294 g/mol. The number of carbonyl (C=O) groups is 1. The molecule has 3 N–H and O–H groups in total. The number of nitrogens with one attached hydrogen (secondary N) is 2. The molecule has 8 heteroatoms. The Kier molecular flexibility index (Phi) is 7.10. The number of aromatic nitrogens is 1. The summed E-state index contributed by atoms with van der Waals surface area (Å²) < 4.78 is 26.6. The molecule has 7 nitrogen and oxygen atoms in total. The third-order valence-electron chi connectivity index (χ3n) is 2.76. The van der Waals surface area contributed by atoms with Gasteiger partial charge in [-0.1, -0.05) is 6.42 Å². The lowest BCUT2D eigenvalue weighted by molar-refractivity contribution is -0.137. The normalized spacial score (nSPS) is 11.3. The van der Waals surface area contributed by atoms with Gasteiger partial charge in [0.1, 0.15) is 4.90 Å². The zero-order valence-electron chi connectivity index (χ0n) is 12.0. The van der Waals surface area contributed by atoms with Crippen molar-refractivity contribution in [2.75, 3.05) is 18.4 Å². The summed E-state index contributed by atoms with van der Waals surface area (Å²) in [5, 5.41) is 11.5. The van der Waals surface area contributed by atoms with Crippen LogP contribution in [0.2, 0.25) is 0 Å². The van der Waals surface area contributed by atoms with E-state index in [1.54, 1.807) is 6.20 Å². The van der Waals surface area contributed by atoms with E-state index < -0.39 is 16.0 Å². The highest BCUT2D eigenvalue weighted by Crippen LogP contribution is 2.13. The zero-order valence-corrected chi connectivity index (χ0v) is 12.8. The number of sulfonamides is 1. The number of hydrogen-bond acceptors (Lipinski definition) is 5. The van der Waals surface area contributed by atoms with Crippen LogP contribution in [0.15, 0.2) is 23.4 Å². The Morgan fingerprint density at radius 2 is 2.05 bits per heavy atom. The Labute approximate surface area is 124 Å². The highest BCUT2D eigenvalue weighted by molar-refractivity contribution is 7.89. The molecular formula is C13H21N3O4S. The van der Waals surface area contributed by atoms with Crippen LogP contribution < -0.4 is 10.0 Å². The van der Waals surface area contributed by atoms with Crippen molar-refractivity contribution < 1.29 is 18.3 Å². The molecule has 0 aliphatic carbocycles. The van der Waals surface area contributed by atoms with Gasteiger partial charge in [0.25, 0.3) is 0 Å². The van der Waals surface area contributed by atoms with E-state index in [9.17, 15) is 13.2 Å². The number of pyridine rings is 1. The van der Waals surface area contributed by atoms with E-state index in [-0.39, 0.29) is 17.9 Å². The number of anilines is 1. The second-order valence-electron chi connectivity index (χ2n) is 4.54. The van der Waals surface area contributed by atoms with Crippen molar-refractivity contribution in [3.05, 3.63) is 18.5 Å². The fourth-order valence-electron chi connectivity index (χ4n) is 1.73. The van der Waals surface area contributed by atoms with Crippen LogP contribution >= 0.6 is 0 Å². The molecule has 1 aromatic heterocycles. The summed E-state index contributed by atoms with van der Waals surface area (Å²) in [4.78, 5) is 14.4. The molecule has 0 aliphatic rings. The van der Waals surface area contributed by atoms with Crippen LogP contribution in [-0.2, 0) is 14.8 Å². The van der Waals surface area contributed by atoms with Gasteiger partial charge in [-0.25, -0.2) is 13.1 Å². The van der Waals surface area contributed by atoms with E-state index in [1.807, 2.05) is 6.92 Å². The Morgan fingerprint density at radius 3 is 2.71 bits per heavy atom. The lowest BCUT2D eigenvalue weighted by atomic mass is 10.2. The number of aliphatic carboxylic acids is 1. The Balaban J connectivity index is 2.46. The molecule has 0 bridgehead atoms. The minimum absolute atomic E-state index is 0.113.